The smallest absolute Gasteiger partial charge is 0.350 e. The molecule has 15 heavy (non-hydrogen) atoms. The summed E-state index contributed by atoms with van der Waals surface area (Å²) in [6.45, 7) is 3.73. The Balaban J connectivity index is 2.95. The van der Waals surface area contributed by atoms with Crippen molar-refractivity contribution in [2.75, 3.05) is 18.7 Å². The fourth-order valence-corrected chi connectivity index (χ4v) is 1.81. The van der Waals surface area contributed by atoms with Crippen LogP contribution in [0.1, 0.15) is 22.3 Å². The molecule has 0 radical (unpaired) electrons. The van der Waals surface area contributed by atoms with Gasteiger partial charge in [-0.2, -0.15) is 0 Å². The molecule has 6 nitrogen and oxygen atoms in total. The van der Waals surface area contributed by atoms with Crippen molar-refractivity contribution in [1.82, 2.24) is 4.98 Å². The third-order valence-electron chi connectivity index (χ3n) is 1.65. The molecule has 7 heteroatoms. The zero-order valence-corrected chi connectivity index (χ0v) is 9.50. The van der Waals surface area contributed by atoms with E-state index in [9.17, 15) is 9.70 Å². The lowest BCUT2D eigenvalue weighted by atomic mass is 10.4. The lowest BCUT2D eigenvalue weighted by Gasteiger charge is -2.00. The zero-order chi connectivity index (χ0) is 11.4. The van der Waals surface area contributed by atoms with Gasteiger partial charge in [0.25, 0.3) is 0 Å². The molecule has 0 unspecified atom stereocenters. The van der Waals surface area contributed by atoms with Gasteiger partial charge in [0.1, 0.15) is 4.88 Å². The second-order valence-corrected chi connectivity index (χ2v) is 3.71. The number of thiazole rings is 1. The van der Waals surface area contributed by atoms with Gasteiger partial charge < -0.3 is 4.74 Å². The van der Waals surface area contributed by atoms with Crippen LogP contribution in [-0.2, 0) is 4.74 Å². The summed E-state index contributed by atoms with van der Waals surface area (Å²) >= 11 is 1.09. The van der Waals surface area contributed by atoms with Gasteiger partial charge in [-0.3, -0.25) is 0 Å². The van der Waals surface area contributed by atoms with Crippen LogP contribution in [-0.4, -0.2) is 24.6 Å². The Hall–Kier alpha value is -1.50. The Labute approximate surface area is 90.8 Å². The highest BCUT2D eigenvalue weighted by Crippen LogP contribution is 2.25. The number of anilines is 1. The molecule has 0 atom stereocenters. The molecule has 0 spiro atoms. The van der Waals surface area contributed by atoms with Crippen LogP contribution in [0.2, 0.25) is 0 Å². The van der Waals surface area contributed by atoms with Gasteiger partial charge in [0.05, 0.1) is 17.6 Å². The van der Waals surface area contributed by atoms with E-state index in [0.717, 1.165) is 16.3 Å². The number of carbonyl (C=O) groups is 1. The minimum atomic E-state index is -0.418. The number of ether oxygens (including phenoxy) is 1. The van der Waals surface area contributed by atoms with E-state index in [-0.39, 0.29) is 0 Å². The predicted octanol–water partition coefficient (Wildman–Crippen LogP) is 1.75. The van der Waals surface area contributed by atoms with Crippen molar-refractivity contribution in [1.29, 1.82) is 0 Å². The predicted molar refractivity (Wildman–Crippen MR) is 57.0 cm³/mol. The van der Waals surface area contributed by atoms with Gasteiger partial charge in [-0.25, -0.2) is 14.8 Å². The molecule has 0 saturated heterocycles. The van der Waals surface area contributed by atoms with Crippen molar-refractivity contribution in [2.24, 2.45) is 5.29 Å². The second kappa shape index (κ2) is 4.83. The van der Waals surface area contributed by atoms with Gasteiger partial charge in [0, 0.05) is 7.05 Å². The molecule has 1 aromatic rings. The van der Waals surface area contributed by atoms with Gasteiger partial charge in [0.2, 0.25) is 5.13 Å². The molecule has 1 heterocycles. The van der Waals surface area contributed by atoms with E-state index in [4.69, 9.17) is 4.74 Å². The first-order valence-electron chi connectivity index (χ1n) is 4.31. The molecule has 1 aromatic heterocycles. The van der Waals surface area contributed by atoms with E-state index >= 15 is 0 Å². The quantitative estimate of drug-likeness (QED) is 0.447. The van der Waals surface area contributed by atoms with Crippen molar-refractivity contribution in [3.05, 3.63) is 15.5 Å². The maximum atomic E-state index is 11.4. The number of nitrogens with zero attached hydrogens (tertiary/aromatic N) is 3. The lowest BCUT2D eigenvalue weighted by molar-refractivity contribution is 0.0531. The highest BCUT2D eigenvalue weighted by molar-refractivity contribution is 7.17. The number of carbonyl (C=O) groups excluding carboxylic acids is 1. The summed E-state index contributed by atoms with van der Waals surface area (Å²) < 4.78 is 4.84. The molecule has 0 bridgehead atoms. The van der Waals surface area contributed by atoms with Crippen LogP contribution in [0.25, 0.3) is 0 Å². The van der Waals surface area contributed by atoms with Gasteiger partial charge in [-0.1, -0.05) is 11.3 Å². The molecule has 0 amide bonds. The van der Waals surface area contributed by atoms with E-state index in [1.54, 1.807) is 13.8 Å². The maximum absolute atomic E-state index is 11.4. The maximum Gasteiger partial charge on any atom is 0.350 e. The Kier molecular flexibility index (Phi) is 3.73. The number of aryl methyl sites for hydroxylation is 1. The van der Waals surface area contributed by atoms with E-state index in [0.29, 0.717) is 22.3 Å². The average Bonchev–Trinajstić information content (AvgIpc) is 2.59. The summed E-state index contributed by atoms with van der Waals surface area (Å²) in [5.41, 5.74) is 0.545. The monoisotopic (exact) mass is 229 g/mol. The summed E-state index contributed by atoms with van der Waals surface area (Å²) in [4.78, 5) is 26.1. The van der Waals surface area contributed by atoms with Crippen LogP contribution < -0.4 is 5.01 Å². The van der Waals surface area contributed by atoms with Gasteiger partial charge >= 0.3 is 5.97 Å². The largest absolute Gasteiger partial charge is 0.462 e. The molecular weight excluding hydrogens is 218 g/mol. The van der Waals surface area contributed by atoms with Crippen molar-refractivity contribution in [3.8, 4) is 0 Å². The van der Waals surface area contributed by atoms with Crippen molar-refractivity contribution in [2.45, 2.75) is 13.8 Å². The molecule has 0 saturated carbocycles. The van der Waals surface area contributed by atoms with Gasteiger partial charge in [-0.15, -0.1) is 4.91 Å². The summed E-state index contributed by atoms with van der Waals surface area (Å²) in [5, 5.41) is 4.15. The minimum absolute atomic E-state index is 0.313. The molecule has 0 aromatic carbocycles. The molecule has 0 aliphatic heterocycles. The fraction of sp³-hybridized carbons (Fsp3) is 0.500. The number of nitroso groups, excluding NO2 is 1. The van der Waals surface area contributed by atoms with Crippen LogP contribution in [0.4, 0.5) is 5.13 Å². The number of hydrogen-bond donors (Lipinski definition) is 0. The Morgan fingerprint density at radius 1 is 1.67 bits per heavy atom. The molecule has 82 valence electrons. The standard InChI is InChI=1S/C8H11N3O3S/c1-4-14-7(12)6-5(2)9-8(15-6)11(3)10-13/h4H2,1-3H3. The van der Waals surface area contributed by atoms with Gasteiger partial charge in [-0.05, 0) is 13.8 Å². The topological polar surface area (TPSA) is 71.9 Å². The third-order valence-corrected chi connectivity index (χ3v) is 2.85. The first kappa shape index (κ1) is 11.6. The van der Waals surface area contributed by atoms with Crippen LogP contribution in [0.5, 0.6) is 0 Å². The molecule has 0 N–H and O–H groups in total. The summed E-state index contributed by atoms with van der Waals surface area (Å²) in [6.07, 6.45) is 0. The molecule has 1 rings (SSSR count). The SMILES string of the molecule is CCOC(=O)c1sc(N(C)N=O)nc1C. The average molecular weight is 229 g/mol. The van der Waals surface area contributed by atoms with Crippen molar-refractivity contribution < 1.29 is 9.53 Å². The van der Waals surface area contributed by atoms with E-state index < -0.39 is 5.97 Å². The number of esters is 1. The Morgan fingerprint density at radius 3 is 2.87 bits per heavy atom. The first-order chi connectivity index (χ1) is 7.10. The highest BCUT2D eigenvalue weighted by atomic mass is 32.1. The second-order valence-electron chi connectivity index (χ2n) is 2.74. The normalized spacial score (nSPS) is 9.80. The number of hydrogen-bond acceptors (Lipinski definition) is 6. The number of aromatic nitrogens is 1. The van der Waals surface area contributed by atoms with Crippen LogP contribution in [0, 0.1) is 11.8 Å². The molecule has 0 aliphatic carbocycles. The van der Waals surface area contributed by atoms with Crippen molar-refractivity contribution in [3.63, 3.8) is 0 Å². The van der Waals surface area contributed by atoms with E-state index in [2.05, 4.69) is 10.3 Å². The van der Waals surface area contributed by atoms with Gasteiger partial charge in [0.15, 0.2) is 0 Å². The van der Waals surface area contributed by atoms with Crippen LogP contribution >= 0.6 is 11.3 Å². The zero-order valence-electron chi connectivity index (χ0n) is 8.68. The number of rotatable bonds is 4. The van der Waals surface area contributed by atoms with Crippen LogP contribution in [0.15, 0.2) is 5.29 Å². The van der Waals surface area contributed by atoms with E-state index in [1.807, 2.05) is 0 Å². The fourth-order valence-electron chi connectivity index (χ4n) is 0.942. The highest BCUT2D eigenvalue weighted by Gasteiger charge is 2.18. The van der Waals surface area contributed by atoms with Crippen molar-refractivity contribution >= 4 is 22.4 Å². The van der Waals surface area contributed by atoms with E-state index in [1.165, 1.54) is 7.05 Å². The van der Waals surface area contributed by atoms with Crippen LogP contribution in [0.3, 0.4) is 0 Å². The summed E-state index contributed by atoms with van der Waals surface area (Å²) in [7, 11) is 1.47. The third kappa shape index (κ3) is 2.50. The summed E-state index contributed by atoms with van der Waals surface area (Å²) in [6, 6.07) is 0. The first-order valence-corrected chi connectivity index (χ1v) is 5.13. The summed E-state index contributed by atoms with van der Waals surface area (Å²) in [5.74, 6) is -0.418. The Morgan fingerprint density at radius 2 is 2.33 bits per heavy atom. The molecule has 0 aliphatic rings. The lowest BCUT2D eigenvalue weighted by Crippen LogP contribution is -2.05. The molecular formula is C8H11N3O3S. The molecule has 0 fully saturated rings. The minimum Gasteiger partial charge on any atom is -0.462 e. The Bertz CT molecular complexity index is 377.